The van der Waals surface area contributed by atoms with Gasteiger partial charge in [-0.1, -0.05) is 0 Å². The van der Waals surface area contributed by atoms with Crippen LogP contribution in [0.25, 0.3) is 0 Å². The SMILES string of the molecule is Cc1cc(C(=O)NC2CCC3(CC2)OCCO3)ccn1. The molecular weight excluding hydrogens is 256 g/mol. The molecule has 5 heteroatoms. The lowest BCUT2D eigenvalue weighted by atomic mass is 9.90. The van der Waals surface area contributed by atoms with Crippen LogP contribution in [0.5, 0.6) is 0 Å². The van der Waals surface area contributed by atoms with Gasteiger partial charge in [-0.3, -0.25) is 9.78 Å². The van der Waals surface area contributed by atoms with Crippen LogP contribution in [0, 0.1) is 6.92 Å². The van der Waals surface area contributed by atoms with E-state index >= 15 is 0 Å². The average Bonchev–Trinajstić information content (AvgIpc) is 2.90. The van der Waals surface area contributed by atoms with Gasteiger partial charge in [0.15, 0.2) is 5.79 Å². The van der Waals surface area contributed by atoms with E-state index in [0.29, 0.717) is 18.8 Å². The molecule has 0 atom stereocenters. The monoisotopic (exact) mass is 276 g/mol. The molecule has 2 fully saturated rings. The number of carbonyl (C=O) groups is 1. The largest absolute Gasteiger partial charge is 0.349 e. The van der Waals surface area contributed by atoms with Crippen molar-refractivity contribution in [2.75, 3.05) is 13.2 Å². The molecule has 1 aromatic heterocycles. The van der Waals surface area contributed by atoms with E-state index in [0.717, 1.165) is 31.4 Å². The maximum absolute atomic E-state index is 12.2. The molecule has 0 aromatic carbocycles. The summed E-state index contributed by atoms with van der Waals surface area (Å²) in [6.45, 7) is 3.26. The minimum atomic E-state index is -0.367. The van der Waals surface area contributed by atoms with Gasteiger partial charge in [0.1, 0.15) is 0 Å². The zero-order valence-corrected chi connectivity index (χ0v) is 11.7. The third-order valence-electron chi connectivity index (χ3n) is 4.06. The van der Waals surface area contributed by atoms with Crippen LogP contribution in [0.3, 0.4) is 0 Å². The van der Waals surface area contributed by atoms with Crippen LogP contribution in [0.4, 0.5) is 0 Å². The van der Waals surface area contributed by atoms with Gasteiger partial charge in [0.2, 0.25) is 0 Å². The average molecular weight is 276 g/mol. The van der Waals surface area contributed by atoms with E-state index in [-0.39, 0.29) is 17.7 Å². The molecule has 1 N–H and O–H groups in total. The van der Waals surface area contributed by atoms with Crippen molar-refractivity contribution in [2.24, 2.45) is 0 Å². The van der Waals surface area contributed by atoms with Crippen LogP contribution < -0.4 is 5.32 Å². The topological polar surface area (TPSA) is 60.5 Å². The van der Waals surface area contributed by atoms with Gasteiger partial charge in [-0.2, -0.15) is 0 Å². The first-order chi connectivity index (χ1) is 9.67. The molecule has 3 rings (SSSR count). The Morgan fingerprint density at radius 1 is 1.35 bits per heavy atom. The Labute approximate surface area is 118 Å². The minimum absolute atomic E-state index is 0.0234. The van der Waals surface area contributed by atoms with Crippen molar-refractivity contribution >= 4 is 5.91 Å². The first-order valence-electron chi connectivity index (χ1n) is 7.18. The molecule has 20 heavy (non-hydrogen) atoms. The number of amides is 1. The summed E-state index contributed by atoms with van der Waals surface area (Å²) in [7, 11) is 0. The quantitative estimate of drug-likeness (QED) is 0.895. The summed E-state index contributed by atoms with van der Waals surface area (Å²) in [6, 6.07) is 3.76. The number of rotatable bonds is 2. The van der Waals surface area contributed by atoms with E-state index in [1.807, 2.05) is 13.0 Å². The zero-order chi connectivity index (χ0) is 14.0. The van der Waals surface area contributed by atoms with Crippen molar-refractivity contribution in [1.29, 1.82) is 0 Å². The number of ether oxygens (including phenoxy) is 2. The fraction of sp³-hybridized carbons (Fsp3) is 0.600. The molecule has 0 unspecified atom stereocenters. The number of carbonyl (C=O) groups excluding carboxylic acids is 1. The van der Waals surface area contributed by atoms with Crippen LogP contribution in [0.1, 0.15) is 41.7 Å². The fourth-order valence-corrected chi connectivity index (χ4v) is 2.94. The smallest absolute Gasteiger partial charge is 0.251 e. The van der Waals surface area contributed by atoms with Crippen LogP contribution in [-0.4, -0.2) is 35.9 Å². The number of aryl methyl sites for hydroxylation is 1. The summed E-state index contributed by atoms with van der Waals surface area (Å²) in [5.74, 6) is -0.390. The highest BCUT2D eigenvalue weighted by Gasteiger charge is 2.40. The maximum atomic E-state index is 12.2. The number of aromatic nitrogens is 1. The van der Waals surface area contributed by atoms with Crippen molar-refractivity contribution in [3.63, 3.8) is 0 Å². The predicted octanol–water partition coefficient (Wildman–Crippen LogP) is 1.81. The Balaban J connectivity index is 1.55. The first-order valence-corrected chi connectivity index (χ1v) is 7.18. The lowest BCUT2D eigenvalue weighted by molar-refractivity contribution is -0.179. The molecule has 1 aliphatic heterocycles. The van der Waals surface area contributed by atoms with E-state index in [1.165, 1.54) is 0 Å². The highest BCUT2D eigenvalue weighted by molar-refractivity contribution is 5.94. The normalized spacial score (nSPS) is 22.1. The Bertz CT molecular complexity index is 488. The van der Waals surface area contributed by atoms with Crippen molar-refractivity contribution in [3.8, 4) is 0 Å². The van der Waals surface area contributed by atoms with Gasteiger partial charge in [0.25, 0.3) is 5.91 Å². The molecule has 0 bridgehead atoms. The number of nitrogens with one attached hydrogen (secondary N) is 1. The van der Waals surface area contributed by atoms with Crippen LogP contribution in [0.2, 0.25) is 0 Å². The van der Waals surface area contributed by atoms with Crippen molar-refractivity contribution in [3.05, 3.63) is 29.6 Å². The van der Waals surface area contributed by atoms with E-state index in [9.17, 15) is 4.79 Å². The minimum Gasteiger partial charge on any atom is -0.349 e. The Hall–Kier alpha value is -1.46. The number of nitrogens with zero attached hydrogens (tertiary/aromatic N) is 1. The highest BCUT2D eigenvalue weighted by Crippen LogP contribution is 2.35. The molecule has 1 saturated carbocycles. The molecule has 1 amide bonds. The van der Waals surface area contributed by atoms with Crippen LogP contribution >= 0.6 is 0 Å². The molecule has 2 heterocycles. The van der Waals surface area contributed by atoms with Gasteiger partial charge >= 0.3 is 0 Å². The fourth-order valence-electron chi connectivity index (χ4n) is 2.94. The molecule has 1 spiro atoms. The third kappa shape index (κ3) is 2.83. The van der Waals surface area contributed by atoms with E-state index in [1.54, 1.807) is 12.3 Å². The molecule has 1 saturated heterocycles. The van der Waals surface area contributed by atoms with E-state index < -0.39 is 0 Å². The number of hydrogen-bond acceptors (Lipinski definition) is 4. The first kappa shape index (κ1) is 13.5. The second-order valence-electron chi connectivity index (χ2n) is 5.54. The Morgan fingerprint density at radius 3 is 2.70 bits per heavy atom. The predicted molar refractivity (Wildman–Crippen MR) is 73.3 cm³/mol. The number of pyridine rings is 1. The van der Waals surface area contributed by atoms with E-state index in [4.69, 9.17) is 9.47 Å². The van der Waals surface area contributed by atoms with Gasteiger partial charge in [-0.25, -0.2) is 0 Å². The lowest BCUT2D eigenvalue weighted by Gasteiger charge is -2.35. The molecular formula is C15H20N2O3. The summed E-state index contributed by atoms with van der Waals surface area (Å²) < 4.78 is 11.4. The molecule has 1 aromatic rings. The summed E-state index contributed by atoms with van der Waals surface area (Å²) >= 11 is 0. The summed E-state index contributed by atoms with van der Waals surface area (Å²) in [4.78, 5) is 16.3. The van der Waals surface area contributed by atoms with Gasteiger partial charge in [-0.15, -0.1) is 0 Å². The molecule has 108 valence electrons. The summed E-state index contributed by atoms with van der Waals surface area (Å²) in [5.41, 5.74) is 1.53. The maximum Gasteiger partial charge on any atom is 0.251 e. The summed E-state index contributed by atoms with van der Waals surface area (Å²) in [6.07, 6.45) is 5.17. The number of hydrogen-bond donors (Lipinski definition) is 1. The molecule has 2 aliphatic rings. The van der Waals surface area contributed by atoms with Gasteiger partial charge in [0, 0.05) is 36.3 Å². The Morgan fingerprint density at radius 2 is 2.05 bits per heavy atom. The highest BCUT2D eigenvalue weighted by atomic mass is 16.7. The summed E-state index contributed by atoms with van der Waals surface area (Å²) in [5, 5.41) is 3.09. The van der Waals surface area contributed by atoms with Crippen molar-refractivity contribution in [2.45, 2.75) is 44.4 Å². The third-order valence-corrected chi connectivity index (χ3v) is 4.06. The second kappa shape index (κ2) is 5.50. The second-order valence-corrected chi connectivity index (χ2v) is 5.54. The van der Waals surface area contributed by atoms with E-state index in [2.05, 4.69) is 10.3 Å². The van der Waals surface area contributed by atoms with Crippen molar-refractivity contribution < 1.29 is 14.3 Å². The van der Waals surface area contributed by atoms with Crippen LogP contribution in [0.15, 0.2) is 18.3 Å². The van der Waals surface area contributed by atoms with Gasteiger partial charge in [0.05, 0.1) is 13.2 Å². The zero-order valence-electron chi connectivity index (χ0n) is 11.7. The standard InChI is InChI=1S/C15H20N2O3/c1-11-10-12(4-7-16-11)14(18)17-13-2-5-15(6-3-13)19-8-9-20-15/h4,7,10,13H,2-3,5-6,8-9H2,1H3,(H,17,18). The lowest BCUT2D eigenvalue weighted by Crippen LogP contribution is -2.44. The molecule has 1 aliphatic carbocycles. The van der Waals surface area contributed by atoms with Gasteiger partial charge < -0.3 is 14.8 Å². The van der Waals surface area contributed by atoms with Crippen molar-refractivity contribution in [1.82, 2.24) is 10.3 Å². The molecule has 0 radical (unpaired) electrons. The molecule has 5 nitrogen and oxygen atoms in total. The van der Waals surface area contributed by atoms with Gasteiger partial charge in [-0.05, 0) is 31.9 Å². The Kier molecular flexibility index (Phi) is 3.72. The van der Waals surface area contributed by atoms with Crippen LogP contribution in [-0.2, 0) is 9.47 Å².